The minimum Gasteiger partial charge on any atom is -0.336 e. The third-order valence-electron chi connectivity index (χ3n) is 1.99. The molecule has 86 valence electrons. The van der Waals surface area contributed by atoms with Gasteiger partial charge in [-0.25, -0.2) is 18.4 Å². The molecule has 8 heteroatoms. The van der Waals surface area contributed by atoms with E-state index in [1.165, 1.54) is 12.4 Å². The van der Waals surface area contributed by atoms with Gasteiger partial charge in [-0.3, -0.25) is 5.10 Å². The van der Waals surface area contributed by atoms with Gasteiger partial charge in [-0.05, 0) is 0 Å². The first-order valence-corrected chi connectivity index (χ1v) is 6.39. The second kappa shape index (κ2) is 4.05. The van der Waals surface area contributed by atoms with Crippen LogP contribution < -0.4 is 0 Å². The van der Waals surface area contributed by atoms with Crippen LogP contribution in [-0.4, -0.2) is 33.6 Å². The van der Waals surface area contributed by atoms with Crippen molar-refractivity contribution in [2.24, 2.45) is 0 Å². The van der Waals surface area contributed by atoms with E-state index in [2.05, 4.69) is 25.1 Å². The molecule has 0 amide bonds. The molecule has 0 bridgehead atoms. The Labute approximate surface area is 92.3 Å². The van der Waals surface area contributed by atoms with Crippen molar-refractivity contribution in [3.63, 3.8) is 0 Å². The number of nitrogens with one attached hydrogen (secondary N) is 2. The predicted molar refractivity (Wildman–Crippen MR) is 55.2 cm³/mol. The Kier molecular flexibility index (Phi) is 2.73. The Hall–Kier alpha value is -1.70. The summed E-state index contributed by atoms with van der Waals surface area (Å²) in [4.78, 5) is 10.3. The van der Waals surface area contributed by atoms with Gasteiger partial charge in [0.05, 0.1) is 0 Å². The Balaban J connectivity index is 2.21. The highest BCUT2D eigenvalue weighted by atomic mass is 32.2. The Morgan fingerprint density at radius 1 is 1.44 bits per heavy atom. The van der Waals surface area contributed by atoms with Gasteiger partial charge in [0.15, 0.2) is 0 Å². The van der Waals surface area contributed by atoms with Crippen molar-refractivity contribution in [3.8, 4) is 0 Å². The molecule has 0 aliphatic carbocycles. The summed E-state index contributed by atoms with van der Waals surface area (Å²) in [6, 6.07) is 0. The van der Waals surface area contributed by atoms with Crippen molar-refractivity contribution in [1.82, 2.24) is 25.1 Å². The molecule has 7 nitrogen and oxygen atoms in total. The first kappa shape index (κ1) is 10.8. The van der Waals surface area contributed by atoms with E-state index in [0.717, 1.165) is 0 Å². The maximum Gasteiger partial charge on any atom is 0.225 e. The van der Waals surface area contributed by atoms with Gasteiger partial charge in [0, 0.05) is 18.8 Å². The minimum atomic E-state index is -3.47. The zero-order valence-corrected chi connectivity index (χ0v) is 9.45. The lowest BCUT2D eigenvalue weighted by atomic mass is 10.5. The van der Waals surface area contributed by atoms with Crippen molar-refractivity contribution in [2.45, 2.75) is 24.3 Å². The van der Waals surface area contributed by atoms with Crippen molar-refractivity contribution in [2.75, 3.05) is 0 Å². The molecule has 0 radical (unpaired) electrons. The van der Waals surface area contributed by atoms with Gasteiger partial charge in [-0.2, -0.15) is 5.10 Å². The van der Waals surface area contributed by atoms with E-state index in [4.69, 9.17) is 0 Å². The molecule has 2 aromatic heterocycles. The maximum absolute atomic E-state index is 11.8. The first-order valence-electron chi connectivity index (χ1n) is 4.74. The van der Waals surface area contributed by atoms with Crippen molar-refractivity contribution >= 4 is 9.84 Å². The quantitative estimate of drug-likeness (QED) is 0.787. The van der Waals surface area contributed by atoms with Crippen LogP contribution in [-0.2, 0) is 22.0 Å². The lowest BCUT2D eigenvalue weighted by Crippen LogP contribution is -2.08. The highest BCUT2D eigenvalue weighted by Gasteiger charge is 2.19. The van der Waals surface area contributed by atoms with Gasteiger partial charge >= 0.3 is 0 Å². The van der Waals surface area contributed by atoms with E-state index in [0.29, 0.717) is 18.1 Å². The summed E-state index contributed by atoms with van der Waals surface area (Å²) in [6.07, 6.45) is 3.52. The smallest absolute Gasteiger partial charge is 0.225 e. The van der Waals surface area contributed by atoms with Crippen molar-refractivity contribution < 1.29 is 8.42 Å². The van der Waals surface area contributed by atoms with Crippen LogP contribution in [0.1, 0.15) is 18.6 Å². The summed E-state index contributed by atoms with van der Waals surface area (Å²) in [7, 11) is -3.47. The average molecular weight is 241 g/mol. The Bertz CT molecular complexity index is 557. The number of aryl methyl sites for hydroxylation is 1. The molecule has 2 heterocycles. The topological polar surface area (TPSA) is 104 Å². The molecule has 0 unspecified atom stereocenters. The van der Waals surface area contributed by atoms with Crippen LogP contribution in [0.3, 0.4) is 0 Å². The summed E-state index contributed by atoms with van der Waals surface area (Å²) in [5.74, 6) is 0.700. The number of nitrogens with zero attached hydrogens (tertiary/aromatic N) is 3. The number of rotatable bonds is 4. The zero-order valence-electron chi connectivity index (χ0n) is 8.64. The summed E-state index contributed by atoms with van der Waals surface area (Å²) in [5.41, 5.74) is 0. The molecule has 0 aliphatic heterocycles. The van der Waals surface area contributed by atoms with Crippen LogP contribution >= 0.6 is 0 Å². The van der Waals surface area contributed by atoms with Crippen LogP contribution in [0, 0.1) is 0 Å². The van der Waals surface area contributed by atoms with E-state index < -0.39 is 9.84 Å². The maximum atomic E-state index is 11.8. The number of sulfone groups is 1. The van der Waals surface area contributed by atoms with Gasteiger partial charge in [0.1, 0.15) is 17.4 Å². The molecule has 0 fully saturated rings. The van der Waals surface area contributed by atoms with E-state index in [1.807, 2.05) is 6.92 Å². The number of H-pyrrole nitrogens is 2. The monoisotopic (exact) mass is 241 g/mol. The molecule has 0 saturated heterocycles. The van der Waals surface area contributed by atoms with Crippen LogP contribution in [0.4, 0.5) is 0 Å². The summed E-state index contributed by atoms with van der Waals surface area (Å²) in [5, 5.41) is 6.41. The number of imidazole rings is 1. The lowest BCUT2D eigenvalue weighted by Gasteiger charge is -1.96. The van der Waals surface area contributed by atoms with Crippen molar-refractivity contribution in [3.05, 3.63) is 24.0 Å². The van der Waals surface area contributed by atoms with Crippen LogP contribution in [0.25, 0.3) is 0 Å². The SMILES string of the molecule is CCc1n[nH]c(CS(=O)(=O)c2ncc[nH]2)n1. The molecule has 2 rings (SSSR count). The standard InChI is InChI=1S/C8H11N5O2S/c1-2-6-11-7(13-12-6)5-16(14,15)8-9-3-4-10-8/h3-4H,2,5H2,1H3,(H,9,10)(H,11,12,13). The summed E-state index contributed by atoms with van der Waals surface area (Å²) >= 11 is 0. The van der Waals surface area contributed by atoms with Gasteiger partial charge in [0.2, 0.25) is 15.0 Å². The molecular formula is C8H11N5O2S. The fourth-order valence-electron chi connectivity index (χ4n) is 1.23. The van der Waals surface area contributed by atoms with E-state index in [-0.39, 0.29) is 10.9 Å². The molecule has 2 aromatic rings. The fraction of sp³-hybridized carbons (Fsp3) is 0.375. The van der Waals surface area contributed by atoms with Gasteiger partial charge in [0.25, 0.3) is 0 Å². The van der Waals surface area contributed by atoms with Gasteiger partial charge in [-0.15, -0.1) is 0 Å². The molecular weight excluding hydrogens is 230 g/mol. The van der Waals surface area contributed by atoms with E-state index >= 15 is 0 Å². The van der Waals surface area contributed by atoms with E-state index in [9.17, 15) is 8.42 Å². The van der Waals surface area contributed by atoms with Crippen LogP contribution in [0.15, 0.2) is 17.6 Å². The molecule has 0 aliphatic rings. The minimum absolute atomic E-state index is 0.0538. The Morgan fingerprint density at radius 3 is 2.81 bits per heavy atom. The fourth-order valence-corrected chi connectivity index (χ4v) is 2.32. The number of aromatic nitrogens is 5. The molecule has 0 spiro atoms. The van der Waals surface area contributed by atoms with Crippen LogP contribution in [0.2, 0.25) is 0 Å². The second-order valence-electron chi connectivity index (χ2n) is 3.21. The number of hydrogen-bond acceptors (Lipinski definition) is 5. The average Bonchev–Trinajstić information content (AvgIpc) is 2.86. The second-order valence-corrected chi connectivity index (χ2v) is 5.11. The zero-order chi connectivity index (χ0) is 11.6. The summed E-state index contributed by atoms with van der Waals surface area (Å²) in [6.45, 7) is 1.90. The van der Waals surface area contributed by atoms with Gasteiger partial charge < -0.3 is 4.98 Å². The van der Waals surface area contributed by atoms with Crippen molar-refractivity contribution in [1.29, 1.82) is 0 Å². The molecule has 0 atom stereocenters. The predicted octanol–water partition coefficient (Wildman–Crippen LogP) is 0.0641. The first-order chi connectivity index (χ1) is 7.62. The Morgan fingerprint density at radius 2 is 2.25 bits per heavy atom. The molecule has 2 N–H and O–H groups in total. The lowest BCUT2D eigenvalue weighted by molar-refractivity contribution is 0.586. The summed E-state index contributed by atoms with van der Waals surface area (Å²) < 4.78 is 23.6. The third kappa shape index (κ3) is 2.11. The highest BCUT2D eigenvalue weighted by molar-refractivity contribution is 7.90. The largest absolute Gasteiger partial charge is 0.336 e. The van der Waals surface area contributed by atoms with Crippen LogP contribution in [0.5, 0.6) is 0 Å². The normalized spacial score (nSPS) is 11.8. The molecule has 0 aromatic carbocycles. The molecule has 16 heavy (non-hydrogen) atoms. The van der Waals surface area contributed by atoms with E-state index in [1.54, 1.807) is 0 Å². The van der Waals surface area contributed by atoms with Gasteiger partial charge in [-0.1, -0.05) is 6.92 Å². The number of hydrogen-bond donors (Lipinski definition) is 2. The third-order valence-corrected chi connectivity index (χ3v) is 3.45. The highest BCUT2D eigenvalue weighted by Crippen LogP contribution is 2.09. The number of aromatic amines is 2. The molecule has 0 saturated carbocycles.